The van der Waals surface area contributed by atoms with Crippen molar-refractivity contribution in [1.29, 1.82) is 0 Å². The van der Waals surface area contributed by atoms with Crippen LogP contribution in [0.5, 0.6) is 0 Å². The molecule has 1 aromatic carbocycles. The topological polar surface area (TPSA) is 71.0 Å². The largest absolute Gasteiger partial charge is 0.342 e. The summed E-state index contributed by atoms with van der Waals surface area (Å²) < 4.78 is 14.5. The molecule has 0 unspecified atom stereocenters. The summed E-state index contributed by atoms with van der Waals surface area (Å²) in [6, 6.07) is 8.58. The van der Waals surface area contributed by atoms with Crippen molar-refractivity contribution < 1.29 is 9.18 Å². The third kappa shape index (κ3) is 3.79. The Bertz CT molecular complexity index is 1100. The van der Waals surface area contributed by atoms with Gasteiger partial charge in [0.1, 0.15) is 11.3 Å². The van der Waals surface area contributed by atoms with Crippen LogP contribution in [0.2, 0.25) is 0 Å². The molecule has 1 amide bonds. The summed E-state index contributed by atoms with van der Waals surface area (Å²) in [5.41, 5.74) is 1.98. The summed E-state index contributed by atoms with van der Waals surface area (Å²) in [7, 11) is 1.75. The van der Waals surface area contributed by atoms with Crippen LogP contribution in [0.1, 0.15) is 0 Å². The van der Waals surface area contributed by atoms with E-state index in [0.717, 1.165) is 16.0 Å². The van der Waals surface area contributed by atoms with Gasteiger partial charge in [0.15, 0.2) is 10.3 Å². The minimum atomic E-state index is -0.362. The number of amides is 1. The Morgan fingerprint density at radius 3 is 2.93 bits per heavy atom. The number of carbonyl (C=O) groups is 1. The zero-order valence-corrected chi connectivity index (χ0v) is 15.9. The van der Waals surface area contributed by atoms with Gasteiger partial charge in [-0.15, -0.1) is 11.3 Å². The lowest BCUT2D eigenvalue weighted by atomic mass is 10.2. The Kier molecular flexibility index (Phi) is 4.78. The number of aromatic nitrogens is 3. The Hall–Kier alpha value is -2.91. The van der Waals surface area contributed by atoms with E-state index < -0.39 is 0 Å². The van der Waals surface area contributed by atoms with Crippen molar-refractivity contribution in [3.8, 4) is 11.3 Å². The van der Waals surface area contributed by atoms with Crippen LogP contribution in [0.25, 0.3) is 21.5 Å². The number of nitrogens with zero attached hydrogens (tertiary/aromatic N) is 4. The molecule has 9 heteroatoms. The van der Waals surface area contributed by atoms with Crippen LogP contribution in [0.15, 0.2) is 48.1 Å². The zero-order valence-electron chi connectivity index (χ0n) is 14.2. The molecule has 0 aliphatic heterocycles. The number of halogens is 1. The van der Waals surface area contributed by atoms with Crippen molar-refractivity contribution in [2.75, 3.05) is 23.8 Å². The molecule has 3 aromatic heterocycles. The summed E-state index contributed by atoms with van der Waals surface area (Å²) >= 11 is 2.69. The number of carbonyl (C=O) groups excluding carboxylic acids is 1. The molecule has 6 nitrogen and oxygen atoms in total. The summed E-state index contributed by atoms with van der Waals surface area (Å²) in [5.74, 6) is -0.581. The molecule has 0 bridgehead atoms. The number of benzene rings is 1. The number of fused-ring (bicyclic) bond motifs is 1. The van der Waals surface area contributed by atoms with Crippen molar-refractivity contribution in [1.82, 2.24) is 15.0 Å². The molecule has 0 aliphatic carbocycles. The smallest absolute Gasteiger partial charge is 0.245 e. The molecule has 0 spiro atoms. The van der Waals surface area contributed by atoms with Gasteiger partial charge in [0, 0.05) is 30.4 Å². The molecule has 0 aliphatic rings. The maximum atomic E-state index is 13.8. The Morgan fingerprint density at radius 1 is 1.26 bits per heavy atom. The number of rotatable bonds is 5. The number of hydrogen-bond acceptors (Lipinski definition) is 7. The fourth-order valence-corrected chi connectivity index (χ4v) is 4.16. The SMILES string of the molecule is CN(CC(=O)Nc1nc(-c2cccnc2)cs1)c1nc2c(F)cccc2s1. The maximum Gasteiger partial charge on any atom is 0.245 e. The summed E-state index contributed by atoms with van der Waals surface area (Å²) in [6.07, 6.45) is 3.42. The fourth-order valence-electron chi connectivity index (χ4n) is 2.49. The summed E-state index contributed by atoms with van der Waals surface area (Å²) in [5, 5.41) is 5.75. The van der Waals surface area contributed by atoms with Gasteiger partial charge in [0.25, 0.3) is 0 Å². The molecule has 4 rings (SSSR count). The molecule has 27 heavy (non-hydrogen) atoms. The number of anilines is 2. The van der Waals surface area contributed by atoms with E-state index in [1.54, 1.807) is 30.4 Å². The average Bonchev–Trinajstić information content (AvgIpc) is 3.30. The van der Waals surface area contributed by atoms with E-state index in [2.05, 4.69) is 20.3 Å². The van der Waals surface area contributed by atoms with Crippen LogP contribution in [-0.2, 0) is 4.79 Å². The molecular formula is C18H14FN5OS2. The molecule has 0 radical (unpaired) electrons. The zero-order chi connectivity index (χ0) is 18.8. The first-order valence-corrected chi connectivity index (χ1v) is 9.72. The third-order valence-corrected chi connectivity index (χ3v) is 5.67. The number of hydrogen-bond donors (Lipinski definition) is 1. The molecule has 0 saturated heterocycles. The van der Waals surface area contributed by atoms with E-state index in [0.29, 0.717) is 15.8 Å². The van der Waals surface area contributed by atoms with Gasteiger partial charge in [0.05, 0.1) is 16.9 Å². The molecule has 0 fully saturated rings. The van der Waals surface area contributed by atoms with Gasteiger partial charge in [0.2, 0.25) is 5.91 Å². The van der Waals surface area contributed by atoms with Gasteiger partial charge in [-0.1, -0.05) is 17.4 Å². The lowest BCUT2D eigenvalue weighted by molar-refractivity contribution is -0.114. The van der Waals surface area contributed by atoms with E-state index in [1.807, 2.05) is 23.6 Å². The summed E-state index contributed by atoms with van der Waals surface area (Å²) in [6.45, 7) is 0.0866. The highest BCUT2D eigenvalue weighted by Gasteiger charge is 2.15. The maximum absolute atomic E-state index is 13.8. The van der Waals surface area contributed by atoms with Crippen molar-refractivity contribution in [3.05, 3.63) is 53.9 Å². The van der Waals surface area contributed by atoms with Crippen LogP contribution in [0, 0.1) is 5.82 Å². The fraction of sp³-hybridized carbons (Fsp3) is 0.111. The van der Waals surface area contributed by atoms with Gasteiger partial charge < -0.3 is 10.2 Å². The normalized spacial score (nSPS) is 10.9. The van der Waals surface area contributed by atoms with Crippen LogP contribution < -0.4 is 10.2 Å². The molecular weight excluding hydrogens is 385 g/mol. The quantitative estimate of drug-likeness (QED) is 0.549. The van der Waals surface area contributed by atoms with Crippen LogP contribution in [-0.4, -0.2) is 34.5 Å². The lowest BCUT2D eigenvalue weighted by Gasteiger charge is -2.14. The predicted molar refractivity (Wildman–Crippen MR) is 107 cm³/mol. The van der Waals surface area contributed by atoms with E-state index >= 15 is 0 Å². The third-order valence-electron chi connectivity index (χ3n) is 3.77. The van der Waals surface area contributed by atoms with Crippen LogP contribution >= 0.6 is 22.7 Å². The Morgan fingerprint density at radius 2 is 2.15 bits per heavy atom. The van der Waals surface area contributed by atoms with Gasteiger partial charge in [-0.25, -0.2) is 14.4 Å². The van der Waals surface area contributed by atoms with Crippen molar-refractivity contribution in [2.45, 2.75) is 0 Å². The van der Waals surface area contributed by atoms with Crippen molar-refractivity contribution >= 4 is 49.1 Å². The van der Waals surface area contributed by atoms with E-state index in [4.69, 9.17) is 0 Å². The van der Waals surface area contributed by atoms with Crippen LogP contribution in [0.4, 0.5) is 14.7 Å². The number of pyridine rings is 1. The predicted octanol–water partition coefficient (Wildman–Crippen LogP) is 4.03. The molecule has 0 saturated carbocycles. The summed E-state index contributed by atoms with van der Waals surface area (Å²) in [4.78, 5) is 26.8. The average molecular weight is 399 g/mol. The highest BCUT2D eigenvalue weighted by molar-refractivity contribution is 7.22. The van der Waals surface area contributed by atoms with Gasteiger partial charge >= 0.3 is 0 Å². The minimum absolute atomic E-state index is 0.0866. The van der Waals surface area contributed by atoms with Crippen molar-refractivity contribution in [3.63, 3.8) is 0 Å². The highest BCUT2D eigenvalue weighted by Crippen LogP contribution is 2.29. The van der Waals surface area contributed by atoms with Crippen LogP contribution in [0.3, 0.4) is 0 Å². The van der Waals surface area contributed by atoms with Gasteiger partial charge in [-0.2, -0.15) is 0 Å². The number of para-hydroxylation sites is 1. The Labute approximate surface area is 162 Å². The second-order valence-corrected chi connectivity index (χ2v) is 7.63. The highest BCUT2D eigenvalue weighted by atomic mass is 32.1. The van der Waals surface area contributed by atoms with E-state index in [-0.39, 0.29) is 18.3 Å². The molecule has 4 aromatic rings. The van der Waals surface area contributed by atoms with Gasteiger partial charge in [-0.3, -0.25) is 9.78 Å². The van der Waals surface area contributed by atoms with Gasteiger partial charge in [-0.05, 0) is 24.3 Å². The molecule has 136 valence electrons. The monoisotopic (exact) mass is 399 g/mol. The Balaban J connectivity index is 1.43. The number of thiazole rings is 2. The number of nitrogens with one attached hydrogen (secondary N) is 1. The standard InChI is InChI=1S/C18H14FN5OS2/c1-24(18-23-16-12(19)5-2-6-14(16)27-18)9-15(25)22-17-21-13(10-26-17)11-4-3-7-20-8-11/h2-8,10H,9H2,1H3,(H,21,22,25). The number of likely N-dealkylation sites (N-methyl/N-ethyl adjacent to an activating group) is 1. The first kappa shape index (κ1) is 17.5. The minimum Gasteiger partial charge on any atom is -0.342 e. The molecule has 3 heterocycles. The second kappa shape index (κ2) is 7.37. The molecule has 0 atom stereocenters. The first-order valence-electron chi connectivity index (χ1n) is 8.02. The lowest BCUT2D eigenvalue weighted by Crippen LogP contribution is -2.29. The van der Waals surface area contributed by atoms with Crippen molar-refractivity contribution in [2.24, 2.45) is 0 Å². The molecule has 1 N–H and O–H groups in total. The van der Waals surface area contributed by atoms with E-state index in [9.17, 15) is 9.18 Å². The first-order chi connectivity index (χ1) is 13.1. The van der Waals surface area contributed by atoms with E-state index in [1.165, 1.54) is 28.7 Å². The second-order valence-electron chi connectivity index (χ2n) is 5.77.